The Labute approximate surface area is 174 Å². The second-order valence-corrected chi connectivity index (χ2v) is 7.84. The van der Waals surface area contributed by atoms with Crippen molar-refractivity contribution in [3.63, 3.8) is 0 Å². The van der Waals surface area contributed by atoms with Gasteiger partial charge < -0.3 is 19.1 Å². The van der Waals surface area contributed by atoms with Gasteiger partial charge in [-0.2, -0.15) is 0 Å². The zero-order valence-corrected chi connectivity index (χ0v) is 17.8. The third-order valence-corrected chi connectivity index (χ3v) is 6.08. The highest BCUT2D eigenvalue weighted by molar-refractivity contribution is 7.13. The van der Waals surface area contributed by atoms with E-state index in [4.69, 9.17) is 14.2 Å². The lowest BCUT2D eigenvalue weighted by molar-refractivity contribution is -0.135. The number of methoxy groups -OCH3 is 2. The van der Waals surface area contributed by atoms with E-state index in [1.54, 1.807) is 43.7 Å². The molecule has 0 atom stereocenters. The van der Waals surface area contributed by atoms with E-state index in [1.807, 2.05) is 6.07 Å². The van der Waals surface area contributed by atoms with Gasteiger partial charge >= 0.3 is 5.97 Å². The van der Waals surface area contributed by atoms with Crippen LogP contribution in [-0.4, -0.2) is 55.7 Å². The normalized spacial score (nSPS) is 14.3. The van der Waals surface area contributed by atoms with E-state index < -0.39 is 5.97 Å². The number of benzene rings is 1. The molecule has 0 unspecified atom stereocenters. The molecule has 0 spiro atoms. The van der Waals surface area contributed by atoms with Gasteiger partial charge in [-0.15, -0.1) is 11.3 Å². The first-order chi connectivity index (χ1) is 14.0. The molecular formula is C21H26N2O5S. The van der Waals surface area contributed by atoms with E-state index in [0.717, 1.165) is 31.2 Å². The molecule has 156 valence electrons. The molecule has 0 bridgehead atoms. The lowest BCUT2D eigenvalue weighted by Crippen LogP contribution is -2.40. The fourth-order valence-corrected chi connectivity index (χ4v) is 4.23. The smallest absolute Gasteiger partial charge is 0.358 e. The van der Waals surface area contributed by atoms with Gasteiger partial charge in [0.2, 0.25) is 0 Å². The van der Waals surface area contributed by atoms with Crippen LogP contribution >= 0.6 is 11.3 Å². The number of hydrogen-bond donors (Lipinski definition) is 0. The largest absolute Gasteiger partial charge is 0.493 e. The van der Waals surface area contributed by atoms with Crippen molar-refractivity contribution in [1.82, 2.24) is 9.88 Å². The topological polar surface area (TPSA) is 78.0 Å². The number of carbonyl (C=O) groups excluding carboxylic acids is 2. The van der Waals surface area contributed by atoms with Gasteiger partial charge in [0.05, 0.1) is 14.2 Å². The van der Waals surface area contributed by atoms with Crippen LogP contribution in [-0.2, 0) is 9.53 Å². The molecule has 3 rings (SSSR count). The average Bonchev–Trinajstić information content (AvgIpc) is 3.27. The molecule has 1 fully saturated rings. The Bertz CT molecular complexity index is 861. The van der Waals surface area contributed by atoms with Crippen LogP contribution in [0.3, 0.4) is 0 Å². The summed E-state index contributed by atoms with van der Waals surface area (Å²) in [6, 6.07) is 5.67. The predicted molar refractivity (Wildman–Crippen MR) is 111 cm³/mol. The van der Waals surface area contributed by atoms with E-state index in [1.165, 1.54) is 17.8 Å². The first-order valence-corrected chi connectivity index (χ1v) is 10.5. The number of thiazole rings is 1. The zero-order chi connectivity index (χ0) is 20.8. The van der Waals surface area contributed by atoms with Crippen molar-refractivity contribution in [2.75, 3.05) is 27.9 Å². The summed E-state index contributed by atoms with van der Waals surface area (Å²) in [6.07, 6.45) is 5.52. The Balaban J connectivity index is 1.60. The summed E-state index contributed by atoms with van der Waals surface area (Å²) in [7, 11) is 4.92. The molecule has 1 aliphatic rings. The monoisotopic (exact) mass is 418 g/mol. The molecule has 0 aliphatic heterocycles. The van der Waals surface area contributed by atoms with E-state index >= 15 is 0 Å². The van der Waals surface area contributed by atoms with Crippen LogP contribution in [0.25, 0.3) is 10.6 Å². The fraction of sp³-hybridized carbons (Fsp3) is 0.476. The van der Waals surface area contributed by atoms with Crippen molar-refractivity contribution in [1.29, 1.82) is 0 Å². The Hall–Kier alpha value is -2.61. The van der Waals surface area contributed by atoms with Crippen molar-refractivity contribution in [2.45, 2.75) is 38.1 Å². The number of carbonyl (C=O) groups is 2. The number of likely N-dealkylation sites (N-methyl/N-ethyl adjacent to an activating group) is 1. The lowest BCUT2D eigenvalue weighted by Gasteiger charge is -2.31. The molecule has 29 heavy (non-hydrogen) atoms. The van der Waals surface area contributed by atoms with Crippen molar-refractivity contribution in [2.24, 2.45) is 0 Å². The number of amides is 1. The standard InChI is InChI=1S/C21H26N2O5S/c1-23(15-7-5-4-6-8-15)19(24)12-28-21(25)16-13-29-20(22-16)14-9-10-17(26-2)18(11-14)27-3/h9-11,13,15H,4-8,12H2,1-3H3. The zero-order valence-electron chi connectivity index (χ0n) is 17.0. The minimum atomic E-state index is -0.599. The van der Waals surface area contributed by atoms with E-state index in [-0.39, 0.29) is 24.2 Å². The van der Waals surface area contributed by atoms with Crippen molar-refractivity contribution in [3.05, 3.63) is 29.3 Å². The molecule has 0 N–H and O–H groups in total. The Kier molecular flexibility index (Phi) is 7.09. The summed E-state index contributed by atoms with van der Waals surface area (Å²) in [5, 5.41) is 2.28. The second kappa shape index (κ2) is 9.73. The SMILES string of the molecule is COc1ccc(-c2nc(C(=O)OCC(=O)N(C)C3CCCCC3)cs2)cc1OC. The van der Waals surface area contributed by atoms with Gasteiger partial charge in [-0.3, -0.25) is 4.79 Å². The van der Waals surface area contributed by atoms with Gasteiger partial charge in [0.1, 0.15) is 5.01 Å². The molecule has 7 nitrogen and oxygen atoms in total. The molecule has 8 heteroatoms. The maximum atomic E-state index is 12.3. The number of aromatic nitrogens is 1. The molecule has 1 aliphatic carbocycles. The minimum absolute atomic E-state index is 0.180. The van der Waals surface area contributed by atoms with Crippen LogP contribution in [0.15, 0.2) is 23.6 Å². The van der Waals surface area contributed by atoms with Gasteiger partial charge in [0.15, 0.2) is 23.8 Å². The Morgan fingerprint density at radius 2 is 1.86 bits per heavy atom. The Morgan fingerprint density at radius 1 is 1.14 bits per heavy atom. The highest BCUT2D eigenvalue weighted by Gasteiger charge is 2.23. The molecular weight excluding hydrogens is 392 g/mol. The number of hydrogen-bond acceptors (Lipinski definition) is 7. The molecule has 0 radical (unpaired) electrons. The van der Waals surface area contributed by atoms with Crippen LogP contribution in [0, 0.1) is 0 Å². The first kappa shape index (κ1) is 21.1. The third-order valence-electron chi connectivity index (χ3n) is 5.19. The molecule has 1 amide bonds. The van der Waals surface area contributed by atoms with E-state index in [0.29, 0.717) is 16.5 Å². The number of ether oxygens (including phenoxy) is 3. The summed E-state index contributed by atoms with van der Waals surface area (Å²) < 4.78 is 15.7. The first-order valence-electron chi connectivity index (χ1n) is 9.64. The van der Waals surface area contributed by atoms with Crippen molar-refractivity contribution < 1.29 is 23.8 Å². The molecule has 0 saturated heterocycles. The molecule has 1 heterocycles. The summed E-state index contributed by atoms with van der Waals surface area (Å²) >= 11 is 1.32. The summed E-state index contributed by atoms with van der Waals surface area (Å²) in [4.78, 5) is 30.7. The lowest BCUT2D eigenvalue weighted by atomic mass is 9.94. The van der Waals surface area contributed by atoms with Crippen LogP contribution in [0.2, 0.25) is 0 Å². The Morgan fingerprint density at radius 3 is 2.55 bits per heavy atom. The van der Waals surface area contributed by atoms with Crippen LogP contribution in [0.5, 0.6) is 11.5 Å². The van der Waals surface area contributed by atoms with Crippen molar-refractivity contribution >= 4 is 23.2 Å². The number of rotatable bonds is 7. The molecule has 1 aromatic heterocycles. The molecule has 1 aromatic carbocycles. The predicted octanol–water partition coefficient (Wildman–Crippen LogP) is 3.78. The number of nitrogens with zero attached hydrogens (tertiary/aromatic N) is 2. The van der Waals surface area contributed by atoms with Gasteiger partial charge in [0, 0.05) is 24.0 Å². The summed E-state index contributed by atoms with van der Waals surface area (Å²) in [6.45, 7) is -0.269. The van der Waals surface area contributed by atoms with Gasteiger partial charge in [-0.1, -0.05) is 19.3 Å². The maximum Gasteiger partial charge on any atom is 0.358 e. The summed E-state index contributed by atoms with van der Waals surface area (Å²) in [5.74, 6) is 0.424. The summed E-state index contributed by atoms with van der Waals surface area (Å²) in [5.41, 5.74) is 0.993. The van der Waals surface area contributed by atoms with Gasteiger partial charge in [-0.25, -0.2) is 9.78 Å². The average molecular weight is 419 g/mol. The van der Waals surface area contributed by atoms with Crippen LogP contribution in [0.1, 0.15) is 42.6 Å². The fourth-order valence-electron chi connectivity index (χ4n) is 3.44. The third kappa shape index (κ3) is 5.06. The quantitative estimate of drug-likeness (QED) is 0.637. The van der Waals surface area contributed by atoms with Gasteiger partial charge in [-0.05, 0) is 31.0 Å². The highest BCUT2D eigenvalue weighted by Crippen LogP contribution is 2.33. The molecule has 1 saturated carbocycles. The molecule has 2 aromatic rings. The van der Waals surface area contributed by atoms with Crippen molar-refractivity contribution in [3.8, 4) is 22.1 Å². The second-order valence-electron chi connectivity index (χ2n) is 6.98. The van der Waals surface area contributed by atoms with Crippen LogP contribution < -0.4 is 9.47 Å². The maximum absolute atomic E-state index is 12.3. The van der Waals surface area contributed by atoms with E-state index in [2.05, 4.69) is 4.98 Å². The highest BCUT2D eigenvalue weighted by atomic mass is 32.1. The van der Waals surface area contributed by atoms with Crippen LogP contribution in [0.4, 0.5) is 0 Å². The minimum Gasteiger partial charge on any atom is -0.493 e. The number of esters is 1. The van der Waals surface area contributed by atoms with Gasteiger partial charge in [0.25, 0.3) is 5.91 Å². The van der Waals surface area contributed by atoms with E-state index in [9.17, 15) is 9.59 Å².